The molecule has 5 aromatic rings. The summed E-state index contributed by atoms with van der Waals surface area (Å²) in [6, 6.07) is 35.0. The van der Waals surface area contributed by atoms with Gasteiger partial charge in [-0.15, -0.1) is 0 Å². The molecule has 3 aromatic carbocycles. The Hall–Kier alpha value is -4.56. The average molecular weight is 431 g/mol. The predicted octanol–water partition coefficient (Wildman–Crippen LogP) is 5.57. The zero-order valence-electron chi connectivity index (χ0n) is 18.1. The van der Waals surface area contributed by atoms with Crippen molar-refractivity contribution in [1.29, 1.82) is 5.26 Å². The third-order valence-electron chi connectivity index (χ3n) is 5.11. The van der Waals surface area contributed by atoms with Crippen molar-refractivity contribution in [2.24, 2.45) is 0 Å². The molecule has 1 N–H and O–H groups in total. The van der Waals surface area contributed by atoms with Crippen LogP contribution in [0.4, 0.5) is 0 Å². The molecule has 1 unspecified atom stereocenters. The first-order chi connectivity index (χ1) is 16.1. The molecule has 0 spiro atoms. The van der Waals surface area contributed by atoms with Crippen molar-refractivity contribution < 1.29 is 4.79 Å². The highest BCUT2D eigenvalue weighted by molar-refractivity contribution is 5.79. The van der Waals surface area contributed by atoms with Crippen molar-refractivity contribution >= 4 is 27.7 Å². The van der Waals surface area contributed by atoms with Crippen molar-refractivity contribution in [2.75, 3.05) is 0 Å². The van der Waals surface area contributed by atoms with Crippen LogP contribution in [0.3, 0.4) is 0 Å². The smallest absolute Gasteiger partial charge is 0.217 e. The number of amides is 1. The van der Waals surface area contributed by atoms with Crippen LogP contribution in [0, 0.1) is 11.3 Å². The fourth-order valence-electron chi connectivity index (χ4n) is 3.55. The number of para-hydroxylation sites is 2. The molecule has 0 aliphatic carbocycles. The lowest BCUT2D eigenvalue weighted by Gasteiger charge is -2.18. The van der Waals surface area contributed by atoms with Crippen LogP contribution in [0.2, 0.25) is 0 Å². The summed E-state index contributed by atoms with van der Waals surface area (Å²) in [5, 5.41) is 13.7. The number of carbonyl (C=O) groups excluding carboxylic acids is 1. The van der Waals surface area contributed by atoms with Gasteiger partial charge >= 0.3 is 0 Å². The van der Waals surface area contributed by atoms with E-state index in [1.807, 2.05) is 103 Å². The SMILES string of the molecule is CC(=O)NC(c1ccccc1)c1ccc2ccccc2n1.N#Cc1ccc2ccccc2n1. The second-order valence-corrected chi connectivity index (χ2v) is 7.47. The van der Waals surface area contributed by atoms with Crippen LogP contribution in [0.5, 0.6) is 0 Å². The predicted molar refractivity (Wildman–Crippen MR) is 130 cm³/mol. The summed E-state index contributed by atoms with van der Waals surface area (Å²) in [7, 11) is 0. The maximum atomic E-state index is 11.5. The molecule has 0 saturated carbocycles. The van der Waals surface area contributed by atoms with E-state index >= 15 is 0 Å². The highest BCUT2D eigenvalue weighted by Crippen LogP contribution is 2.22. The molecule has 2 heterocycles. The number of fused-ring (bicyclic) bond motifs is 2. The molecule has 0 aliphatic heterocycles. The molecule has 0 bridgehead atoms. The summed E-state index contributed by atoms with van der Waals surface area (Å²) in [5.41, 5.74) is 4.14. The number of rotatable bonds is 3. The van der Waals surface area contributed by atoms with Gasteiger partial charge in [0.15, 0.2) is 0 Å². The van der Waals surface area contributed by atoms with Crippen LogP contribution in [-0.4, -0.2) is 15.9 Å². The Morgan fingerprint density at radius 1 is 0.758 bits per heavy atom. The first kappa shape index (κ1) is 21.7. The molecule has 5 heteroatoms. The molecule has 0 radical (unpaired) electrons. The second-order valence-electron chi connectivity index (χ2n) is 7.47. The van der Waals surface area contributed by atoms with E-state index in [-0.39, 0.29) is 11.9 Å². The van der Waals surface area contributed by atoms with E-state index in [9.17, 15) is 4.79 Å². The van der Waals surface area contributed by atoms with E-state index in [0.717, 1.165) is 33.1 Å². The van der Waals surface area contributed by atoms with Crippen LogP contribution in [0.1, 0.15) is 29.9 Å². The van der Waals surface area contributed by atoms with Gasteiger partial charge in [0.2, 0.25) is 5.91 Å². The summed E-state index contributed by atoms with van der Waals surface area (Å²) >= 11 is 0. The van der Waals surface area contributed by atoms with Gasteiger partial charge in [-0.25, -0.2) is 4.98 Å². The van der Waals surface area contributed by atoms with Crippen LogP contribution >= 0.6 is 0 Å². The first-order valence-electron chi connectivity index (χ1n) is 10.6. The Kier molecular flexibility index (Phi) is 6.67. The van der Waals surface area contributed by atoms with Gasteiger partial charge in [0.25, 0.3) is 0 Å². The average Bonchev–Trinajstić information content (AvgIpc) is 2.87. The van der Waals surface area contributed by atoms with Gasteiger partial charge < -0.3 is 5.32 Å². The van der Waals surface area contributed by atoms with E-state index in [1.165, 1.54) is 6.92 Å². The maximum absolute atomic E-state index is 11.5. The topological polar surface area (TPSA) is 78.7 Å². The number of nitriles is 1. The standard InChI is InChI=1S/C18H16N2O.C10H6N2/c1-13(21)19-18(15-8-3-2-4-9-15)17-12-11-14-7-5-6-10-16(14)20-17;11-7-9-6-5-8-3-1-2-4-10(8)12-9/h2-12,18H,1H3,(H,19,21);1-6H. The van der Waals surface area contributed by atoms with Crippen molar-refractivity contribution in [1.82, 2.24) is 15.3 Å². The van der Waals surface area contributed by atoms with Crippen molar-refractivity contribution in [3.05, 3.63) is 120 Å². The van der Waals surface area contributed by atoms with Gasteiger partial charge in [-0.05, 0) is 35.9 Å². The fraction of sp³-hybridized carbons (Fsp3) is 0.0714. The monoisotopic (exact) mass is 430 g/mol. The van der Waals surface area contributed by atoms with Gasteiger partial charge in [0, 0.05) is 17.7 Å². The minimum atomic E-state index is -0.228. The van der Waals surface area contributed by atoms with E-state index in [1.54, 1.807) is 6.07 Å². The van der Waals surface area contributed by atoms with Crippen LogP contribution < -0.4 is 5.32 Å². The zero-order valence-corrected chi connectivity index (χ0v) is 18.1. The molecule has 2 aromatic heterocycles. The van der Waals surface area contributed by atoms with Gasteiger partial charge in [-0.1, -0.05) is 72.8 Å². The van der Waals surface area contributed by atoms with E-state index in [4.69, 9.17) is 10.2 Å². The molecule has 33 heavy (non-hydrogen) atoms. The van der Waals surface area contributed by atoms with E-state index < -0.39 is 0 Å². The van der Waals surface area contributed by atoms with Crippen LogP contribution in [-0.2, 0) is 4.79 Å². The lowest BCUT2D eigenvalue weighted by molar-refractivity contribution is -0.119. The Morgan fingerprint density at radius 3 is 1.97 bits per heavy atom. The lowest BCUT2D eigenvalue weighted by atomic mass is 10.0. The summed E-state index contributed by atoms with van der Waals surface area (Å²) in [5.74, 6) is -0.0705. The normalized spacial score (nSPS) is 11.2. The quantitative estimate of drug-likeness (QED) is 0.406. The molecule has 1 amide bonds. The summed E-state index contributed by atoms with van der Waals surface area (Å²) in [6.07, 6.45) is 0. The fourth-order valence-corrected chi connectivity index (χ4v) is 3.55. The number of aromatic nitrogens is 2. The highest BCUT2D eigenvalue weighted by atomic mass is 16.1. The zero-order chi connectivity index (χ0) is 23.0. The molecule has 0 fully saturated rings. The van der Waals surface area contributed by atoms with Gasteiger partial charge in [-0.2, -0.15) is 5.26 Å². The van der Waals surface area contributed by atoms with E-state index in [0.29, 0.717) is 5.69 Å². The Labute approximate surface area is 192 Å². The molecule has 0 saturated heterocycles. The largest absolute Gasteiger partial charge is 0.344 e. The van der Waals surface area contributed by atoms with Crippen molar-refractivity contribution in [3.63, 3.8) is 0 Å². The van der Waals surface area contributed by atoms with Crippen LogP contribution in [0.15, 0.2) is 103 Å². The Balaban J connectivity index is 0.000000183. The van der Waals surface area contributed by atoms with Crippen molar-refractivity contribution in [2.45, 2.75) is 13.0 Å². The van der Waals surface area contributed by atoms with Crippen LogP contribution in [0.25, 0.3) is 21.8 Å². The molecule has 5 rings (SSSR count). The molecule has 160 valence electrons. The van der Waals surface area contributed by atoms with Gasteiger partial charge in [0.05, 0.1) is 22.8 Å². The molecular weight excluding hydrogens is 408 g/mol. The minimum Gasteiger partial charge on any atom is -0.344 e. The molecule has 5 nitrogen and oxygen atoms in total. The number of nitrogens with one attached hydrogen (secondary N) is 1. The summed E-state index contributed by atoms with van der Waals surface area (Å²) < 4.78 is 0. The Bertz CT molecular complexity index is 1440. The third kappa shape index (κ3) is 5.38. The highest BCUT2D eigenvalue weighted by Gasteiger charge is 2.16. The van der Waals surface area contributed by atoms with Gasteiger partial charge in [-0.3, -0.25) is 9.78 Å². The lowest BCUT2D eigenvalue weighted by Crippen LogP contribution is -2.27. The Morgan fingerprint density at radius 2 is 1.33 bits per heavy atom. The number of hydrogen-bond acceptors (Lipinski definition) is 4. The number of pyridine rings is 2. The third-order valence-corrected chi connectivity index (χ3v) is 5.11. The number of nitrogens with zero attached hydrogens (tertiary/aromatic N) is 3. The summed E-state index contributed by atoms with van der Waals surface area (Å²) in [4.78, 5) is 20.3. The second kappa shape index (κ2) is 10.2. The summed E-state index contributed by atoms with van der Waals surface area (Å²) in [6.45, 7) is 1.52. The molecule has 0 aliphatic rings. The molecule has 1 atom stereocenters. The minimum absolute atomic E-state index is 0.0705. The number of benzene rings is 3. The first-order valence-corrected chi connectivity index (χ1v) is 10.6. The maximum Gasteiger partial charge on any atom is 0.217 e. The number of carbonyl (C=O) groups is 1. The van der Waals surface area contributed by atoms with E-state index in [2.05, 4.69) is 10.3 Å². The number of hydrogen-bond donors (Lipinski definition) is 1. The van der Waals surface area contributed by atoms with Gasteiger partial charge in [0.1, 0.15) is 11.8 Å². The van der Waals surface area contributed by atoms with Crippen molar-refractivity contribution in [3.8, 4) is 6.07 Å². The molecular formula is C28H22N4O.